The number of benzene rings is 2. The van der Waals surface area contributed by atoms with Crippen molar-refractivity contribution >= 4 is 50.9 Å². The topological polar surface area (TPSA) is 70.7 Å². The number of halogens is 3. The minimum absolute atomic E-state index is 0.0399. The first-order valence-electron chi connectivity index (χ1n) is 10.2. The highest BCUT2D eigenvalue weighted by molar-refractivity contribution is 6.35. The van der Waals surface area contributed by atoms with Crippen LogP contribution < -0.4 is 5.32 Å². The molecule has 0 unspecified atom stereocenters. The number of amides is 1. The van der Waals surface area contributed by atoms with Gasteiger partial charge < -0.3 is 10.3 Å². The Morgan fingerprint density at radius 1 is 1.06 bits per heavy atom. The molecular formula is C25H17Cl2FN4O. The summed E-state index contributed by atoms with van der Waals surface area (Å²) in [5, 5.41) is 4.91. The molecule has 33 heavy (non-hydrogen) atoms. The molecule has 8 heteroatoms. The summed E-state index contributed by atoms with van der Waals surface area (Å²) in [6, 6.07) is 14.5. The van der Waals surface area contributed by atoms with Crippen LogP contribution in [0.2, 0.25) is 10.0 Å². The van der Waals surface area contributed by atoms with E-state index >= 15 is 0 Å². The molecule has 0 saturated carbocycles. The molecule has 2 N–H and O–H groups in total. The van der Waals surface area contributed by atoms with Crippen LogP contribution in [0.1, 0.15) is 27.2 Å². The number of carbonyl (C=O) groups is 1. The van der Waals surface area contributed by atoms with Crippen molar-refractivity contribution in [1.82, 2.24) is 20.3 Å². The highest BCUT2D eigenvalue weighted by Crippen LogP contribution is 2.28. The predicted octanol–water partition coefficient (Wildman–Crippen LogP) is 6.08. The third kappa shape index (κ3) is 4.40. The van der Waals surface area contributed by atoms with E-state index in [4.69, 9.17) is 23.2 Å². The highest BCUT2D eigenvalue weighted by atomic mass is 35.5. The standard InChI is InChI=1S/C25H17Cl2FN4O/c26-18-9-17-7-14(1-3-21(17)30-12-18)8-19-10-15(5-6-29-19)25(33)32-11-16-2-4-22-23(24(16)28)20(27)13-31-22/h1-7,9-10,12-13,31H,8,11H2,(H,32,33). The predicted molar refractivity (Wildman–Crippen MR) is 128 cm³/mol. The fourth-order valence-electron chi connectivity index (χ4n) is 3.79. The van der Waals surface area contributed by atoms with Gasteiger partial charge in [-0.2, -0.15) is 0 Å². The van der Waals surface area contributed by atoms with Crippen LogP contribution >= 0.6 is 23.2 Å². The van der Waals surface area contributed by atoms with Gasteiger partial charge in [0.25, 0.3) is 5.91 Å². The Hall–Kier alpha value is -3.48. The molecule has 0 saturated heterocycles. The maximum atomic E-state index is 14.8. The van der Waals surface area contributed by atoms with Gasteiger partial charge in [0.2, 0.25) is 0 Å². The van der Waals surface area contributed by atoms with E-state index in [9.17, 15) is 9.18 Å². The van der Waals surface area contributed by atoms with E-state index in [-0.39, 0.29) is 12.5 Å². The fourth-order valence-corrected chi connectivity index (χ4v) is 4.20. The van der Waals surface area contributed by atoms with Gasteiger partial charge in [0, 0.05) is 59.3 Å². The average Bonchev–Trinajstić information content (AvgIpc) is 3.19. The molecule has 0 aliphatic carbocycles. The molecule has 1 amide bonds. The second-order valence-corrected chi connectivity index (χ2v) is 8.52. The monoisotopic (exact) mass is 478 g/mol. The Morgan fingerprint density at radius 2 is 1.94 bits per heavy atom. The molecule has 0 spiro atoms. The zero-order chi connectivity index (χ0) is 22.9. The van der Waals surface area contributed by atoms with E-state index < -0.39 is 5.82 Å². The summed E-state index contributed by atoms with van der Waals surface area (Å²) in [5.74, 6) is -0.756. The average molecular weight is 479 g/mol. The van der Waals surface area contributed by atoms with Crippen LogP contribution in [-0.2, 0) is 13.0 Å². The van der Waals surface area contributed by atoms with Crippen LogP contribution in [0, 0.1) is 5.82 Å². The van der Waals surface area contributed by atoms with Gasteiger partial charge in [-0.1, -0.05) is 35.3 Å². The van der Waals surface area contributed by atoms with Gasteiger partial charge in [0.1, 0.15) is 5.82 Å². The van der Waals surface area contributed by atoms with Crippen LogP contribution in [-0.4, -0.2) is 20.9 Å². The molecule has 0 fully saturated rings. The lowest BCUT2D eigenvalue weighted by Gasteiger charge is -2.09. The number of hydrogen-bond donors (Lipinski definition) is 2. The van der Waals surface area contributed by atoms with Crippen molar-refractivity contribution in [3.8, 4) is 0 Å². The van der Waals surface area contributed by atoms with Gasteiger partial charge in [-0.3, -0.25) is 14.8 Å². The lowest BCUT2D eigenvalue weighted by molar-refractivity contribution is 0.0950. The third-order valence-corrected chi connectivity index (χ3v) is 5.94. The largest absolute Gasteiger partial charge is 0.360 e. The van der Waals surface area contributed by atoms with Gasteiger partial charge in [0.15, 0.2) is 0 Å². The van der Waals surface area contributed by atoms with Gasteiger partial charge in [0.05, 0.1) is 20.9 Å². The lowest BCUT2D eigenvalue weighted by Crippen LogP contribution is -2.23. The fraction of sp³-hybridized carbons (Fsp3) is 0.0800. The number of rotatable bonds is 5. The minimum Gasteiger partial charge on any atom is -0.360 e. The van der Waals surface area contributed by atoms with Crippen molar-refractivity contribution in [3.05, 3.63) is 105 Å². The summed E-state index contributed by atoms with van der Waals surface area (Å²) in [6.45, 7) is 0.0399. The summed E-state index contributed by atoms with van der Waals surface area (Å²) in [5.41, 5.74) is 4.04. The number of fused-ring (bicyclic) bond motifs is 2. The smallest absolute Gasteiger partial charge is 0.251 e. The number of H-pyrrole nitrogens is 1. The Labute approximate surface area is 198 Å². The second-order valence-electron chi connectivity index (χ2n) is 7.67. The number of aromatic nitrogens is 3. The Morgan fingerprint density at radius 3 is 2.82 bits per heavy atom. The van der Waals surface area contributed by atoms with Crippen LogP contribution in [0.25, 0.3) is 21.8 Å². The molecule has 2 aromatic carbocycles. The van der Waals surface area contributed by atoms with Gasteiger partial charge >= 0.3 is 0 Å². The molecule has 0 aliphatic rings. The molecule has 5 rings (SSSR count). The van der Waals surface area contributed by atoms with Crippen molar-refractivity contribution in [3.63, 3.8) is 0 Å². The zero-order valence-corrected chi connectivity index (χ0v) is 18.7. The van der Waals surface area contributed by atoms with Crippen molar-refractivity contribution in [1.29, 1.82) is 0 Å². The molecular weight excluding hydrogens is 462 g/mol. The first-order valence-corrected chi connectivity index (χ1v) is 10.9. The first-order chi connectivity index (χ1) is 16.0. The number of hydrogen-bond acceptors (Lipinski definition) is 3. The number of aromatic amines is 1. The highest BCUT2D eigenvalue weighted by Gasteiger charge is 2.14. The second kappa shape index (κ2) is 8.81. The normalized spacial score (nSPS) is 11.2. The number of nitrogens with zero attached hydrogens (tertiary/aromatic N) is 2. The van der Waals surface area contributed by atoms with Crippen LogP contribution in [0.5, 0.6) is 0 Å². The number of carbonyl (C=O) groups excluding carboxylic acids is 1. The third-order valence-electron chi connectivity index (χ3n) is 5.43. The quantitative estimate of drug-likeness (QED) is 0.321. The van der Waals surface area contributed by atoms with E-state index in [0.29, 0.717) is 38.5 Å². The van der Waals surface area contributed by atoms with Crippen LogP contribution in [0.4, 0.5) is 4.39 Å². The zero-order valence-electron chi connectivity index (χ0n) is 17.2. The van der Waals surface area contributed by atoms with E-state index in [0.717, 1.165) is 22.2 Å². The minimum atomic E-state index is -0.444. The summed E-state index contributed by atoms with van der Waals surface area (Å²) in [6.07, 6.45) is 5.29. The van der Waals surface area contributed by atoms with E-state index in [1.54, 1.807) is 36.7 Å². The first kappa shape index (κ1) is 21.4. The Balaban J connectivity index is 1.31. The van der Waals surface area contributed by atoms with Gasteiger partial charge in [-0.25, -0.2) is 4.39 Å². The van der Waals surface area contributed by atoms with Crippen molar-refractivity contribution < 1.29 is 9.18 Å². The molecule has 5 aromatic rings. The summed E-state index contributed by atoms with van der Waals surface area (Å²) >= 11 is 12.1. The summed E-state index contributed by atoms with van der Waals surface area (Å²) < 4.78 is 14.8. The maximum Gasteiger partial charge on any atom is 0.251 e. The molecule has 3 heterocycles. The van der Waals surface area contributed by atoms with Crippen molar-refractivity contribution in [2.75, 3.05) is 0 Å². The summed E-state index contributed by atoms with van der Waals surface area (Å²) in [7, 11) is 0. The van der Waals surface area contributed by atoms with Crippen molar-refractivity contribution in [2.45, 2.75) is 13.0 Å². The van der Waals surface area contributed by atoms with Gasteiger partial charge in [-0.15, -0.1) is 0 Å². The number of nitrogens with one attached hydrogen (secondary N) is 2. The van der Waals surface area contributed by atoms with E-state index in [2.05, 4.69) is 20.3 Å². The van der Waals surface area contributed by atoms with Crippen LogP contribution in [0.3, 0.4) is 0 Å². The maximum absolute atomic E-state index is 14.8. The molecule has 0 aliphatic heterocycles. The van der Waals surface area contributed by atoms with E-state index in [1.807, 2.05) is 24.3 Å². The Bertz CT molecular complexity index is 1520. The molecule has 0 radical (unpaired) electrons. The molecule has 164 valence electrons. The Kier molecular flexibility index (Phi) is 5.70. The van der Waals surface area contributed by atoms with Crippen LogP contribution in [0.15, 0.2) is 67.1 Å². The molecule has 0 atom stereocenters. The molecule has 0 bridgehead atoms. The number of pyridine rings is 2. The SMILES string of the molecule is O=C(NCc1ccc2[nH]cc(Cl)c2c1F)c1ccnc(Cc2ccc3ncc(Cl)cc3c2)c1. The molecule has 3 aromatic heterocycles. The molecule has 5 nitrogen and oxygen atoms in total. The van der Waals surface area contributed by atoms with E-state index in [1.165, 1.54) is 6.20 Å². The lowest BCUT2D eigenvalue weighted by atomic mass is 10.0. The van der Waals surface area contributed by atoms with Crippen molar-refractivity contribution in [2.24, 2.45) is 0 Å². The van der Waals surface area contributed by atoms with Gasteiger partial charge in [-0.05, 0) is 42.0 Å². The summed E-state index contributed by atoms with van der Waals surface area (Å²) in [4.78, 5) is 24.3.